The molecule has 120 valence electrons. The normalized spacial score (nSPS) is 16.2. The minimum atomic E-state index is 0. The van der Waals surface area contributed by atoms with Crippen LogP contribution in [0.25, 0.3) is 0 Å². The van der Waals surface area contributed by atoms with Crippen LogP contribution in [0.1, 0.15) is 31.1 Å². The summed E-state index contributed by atoms with van der Waals surface area (Å²) >= 11 is 1.76. The van der Waals surface area contributed by atoms with Crippen molar-refractivity contribution >= 4 is 41.3 Å². The summed E-state index contributed by atoms with van der Waals surface area (Å²) < 4.78 is 5.47. The number of guanidine groups is 1. The summed E-state index contributed by atoms with van der Waals surface area (Å²) in [5.41, 5.74) is 0.440. The Labute approximate surface area is 148 Å². The molecule has 0 aromatic carbocycles. The number of ether oxygens (including phenoxy) is 1. The largest absolute Gasteiger partial charge is 0.382 e. The topological polar surface area (TPSA) is 45.6 Å². The average molecular weight is 423 g/mol. The van der Waals surface area contributed by atoms with E-state index in [9.17, 15) is 0 Å². The molecule has 21 heavy (non-hydrogen) atoms. The van der Waals surface area contributed by atoms with Gasteiger partial charge in [-0.3, -0.25) is 4.99 Å². The van der Waals surface area contributed by atoms with Crippen LogP contribution in [0, 0.1) is 5.41 Å². The first-order valence-electron chi connectivity index (χ1n) is 7.33. The zero-order valence-corrected chi connectivity index (χ0v) is 16.0. The molecule has 1 aliphatic carbocycles. The Morgan fingerprint density at radius 2 is 2.24 bits per heavy atom. The highest BCUT2D eigenvalue weighted by molar-refractivity contribution is 14.0. The first kappa shape index (κ1) is 18.7. The van der Waals surface area contributed by atoms with Crippen molar-refractivity contribution in [2.24, 2.45) is 10.4 Å². The number of halogens is 1. The molecule has 0 bridgehead atoms. The lowest BCUT2D eigenvalue weighted by molar-refractivity contribution is 0.128. The molecule has 0 spiro atoms. The van der Waals surface area contributed by atoms with E-state index in [2.05, 4.69) is 33.1 Å². The maximum Gasteiger partial charge on any atom is 0.191 e. The molecule has 1 aliphatic rings. The molecule has 2 N–H and O–H groups in total. The van der Waals surface area contributed by atoms with E-state index in [4.69, 9.17) is 4.74 Å². The van der Waals surface area contributed by atoms with Crippen molar-refractivity contribution in [2.45, 2.75) is 32.7 Å². The zero-order chi connectivity index (χ0) is 14.3. The van der Waals surface area contributed by atoms with Gasteiger partial charge in [0.25, 0.3) is 0 Å². The minimum Gasteiger partial charge on any atom is -0.382 e. The van der Waals surface area contributed by atoms with Gasteiger partial charge in [-0.1, -0.05) is 6.07 Å². The highest BCUT2D eigenvalue weighted by Crippen LogP contribution is 2.48. The van der Waals surface area contributed by atoms with Gasteiger partial charge in [0, 0.05) is 31.7 Å². The summed E-state index contributed by atoms with van der Waals surface area (Å²) in [5.74, 6) is 0.890. The molecular formula is C15H26IN3OS. The van der Waals surface area contributed by atoms with Gasteiger partial charge in [-0.25, -0.2) is 0 Å². The molecule has 1 fully saturated rings. The Morgan fingerprint density at radius 3 is 2.81 bits per heavy atom. The van der Waals surface area contributed by atoms with E-state index in [1.165, 1.54) is 17.7 Å². The van der Waals surface area contributed by atoms with Crippen molar-refractivity contribution in [3.8, 4) is 0 Å². The monoisotopic (exact) mass is 423 g/mol. The summed E-state index contributed by atoms with van der Waals surface area (Å²) in [5, 5.41) is 8.90. The van der Waals surface area contributed by atoms with E-state index in [-0.39, 0.29) is 24.0 Å². The molecule has 6 heteroatoms. The predicted octanol–water partition coefficient (Wildman–Crippen LogP) is 3.24. The van der Waals surface area contributed by atoms with Crippen LogP contribution in [0.5, 0.6) is 0 Å². The van der Waals surface area contributed by atoms with Crippen molar-refractivity contribution in [2.75, 3.05) is 26.8 Å². The summed E-state index contributed by atoms with van der Waals surface area (Å²) in [6.45, 7) is 5.56. The second-order valence-corrected chi connectivity index (χ2v) is 6.34. The number of aliphatic imine (C=N–C) groups is 1. The van der Waals surface area contributed by atoms with E-state index >= 15 is 0 Å². The highest BCUT2D eigenvalue weighted by Gasteiger charge is 2.41. The van der Waals surface area contributed by atoms with Gasteiger partial charge < -0.3 is 15.4 Å². The maximum atomic E-state index is 5.47. The lowest BCUT2D eigenvalue weighted by Crippen LogP contribution is -2.40. The van der Waals surface area contributed by atoms with Crippen LogP contribution in [0.2, 0.25) is 0 Å². The molecule has 4 nitrogen and oxygen atoms in total. The maximum absolute atomic E-state index is 5.47. The van der Waals surface area contributed by atoms with Crippen LogP contribution in [-0.4, -0.2) is 32.8 Å². The summed E-state index contributed by atoms with van der Waals surface area (Å²) in [6, 6.07) is 4.21. The molecule has 0 aliphatic heterocycles. The molecule has 2 rings (SSSR count). The minimum absolute atomic E-state index is 0. The second kappa shape index (κ2) is 9.63. The van der Waals surface area contributed by atoms with E-state index in [0.29, 0.717) is 5.41 Å². The first-order valence-corrected chi connectivity index (χ1v) is 8.20. The van der Waals surface area contributed by atoms with Gasteiger partial charge in [-0.2, -0.15) is 0 Å². The van der Waals surface area contributed by atoms with Crippen LogP contribution >= 0.6 is 35.3 Å². The Balaban J connectivity index is 0.00000220. The van der Waals surface area contributed by atoms with Crippen LogP contribution in [0.3, 0.4) is 0 Å². The SMILES string of the molecule is CCOCCC1(CNC(=NC)NCc2cccs2)CC1.I. The van der Waals surface area contributed by atoms with Gasteiger partial charge in [0.1, 0.15) is 0 Å². The predicted molar refractivity (Wildman–Crippen MR) is 101 cm³/mol. The quantitative estimate of drug-likeness (QED) is 0.292. The molecule has 1 aromatic heterocycles. The second-order valence-electron chi connectivity index (χ2n) is 5.31. The summed E-state index contributed by atoms with van der Waals surface area (Å²) in [7, 11) is 1.82. The lowest BCUT2D eigenvalue weighted by atomic mass is 10.0. The Kier molecular flexibility index (Phi) is 8.58. The number of hydrogen-bond acceptors (Lipinski definition) is 3. The summed E-state index contributed by atoms with van der Waals surface area (Å²) in [4.78, 5) is 5.61. The van der Waals surface area contributed by atoms with Gasteiger partial charge in [-0.15, -0.1) is 35.3 Å². The summed E-state index contributed by atoms with van der Waals surface area (Å²) in [6.07, 6.45) is 3.75. The van der Waals surface area contributed by atoms with Crippen LogP contribution in [0.4, 0.5) is 0 Å². The standard InChI is InChI=1S/C15H25N3OS.HI/c1-3-19-9-8-15(6-7-15)12-18-14(16-2)17-11-13-5-4-10-20-13;/h4-5,10H,3,6-9,11-12H2,1-2H3,(H2,16,17,18);1H. The van der Waals surface area contributed by atoms with Crippen LogP contribution in [-0.2, 0) is 11.3 Å². The average Bonchev–Trinajstić information content (AvgIpc) is 3.03. The number of nitrogens with one attached hydrogen (secondary N) is 2. The first-order chi connectivity index (χ1) is 9.78. The number of hydrogen-bond donors (Lipinski definition) is 2. The third-order valence-corrected chi connectivity index (χ3v) is 4.68. The molecule has 1 heterocycles. The molecular weight excluding hydrogens is 397 g/mol. The molecule has 0 amide bonds. The van der Waals surface area contributed by atoms with Crippen LogP contribution in [0.15, 0.2) is 22.5 Å². The van der Waals surface area contributed by atoms with Crippen molar-refractivity contribution in [3.63, 3.8) is 0 Å². The van der Waals surface area contributed by atoms with Crippen molar-refractivity contribution < 1.29 is 4.74 Å². The van der Waals surface area contributed by atoms with Crippen molar-refractivity contribution in [1.82, 2.24) is 10.6 Å². The fraction of sp³-hybridized carbons (Fsp3) is 0.667. The Morgan fingerprint density at radius 1 is 1.43 bits per heavy atom. The van der Waals surface area contributed by atoms with Crippen molar-refractivity contribution in [1.29, 1.82) is 0 Å². The fourth-order valence-corrected chi connectivity index (χ4v) is 2.85. The molecule has 1 aromatic rings. The van der Waals surface area contributed by atoms with Gasteiger partial charge in [0.05, 0.1) is 6.54 Å². The van der Waals surface area contributed by atoms with Crippen molar-refractivity contribution in [3.05, 3.63) is 22.4 Å². The van der Waals surface area contributed by atoms with Gasteiger partial charge in [0.2, 0.25) is 0 Å². The van der Waals surface area contributed by atoms with E-state index in [1.807, 2.05) is 14.0 Å². The number of rotatable bonds is 8. The molecule has 0 radical (unpaired) electrons. The number of nitrogens with zero attached hydrogens (tertiary/aromatic N) is 1. The number of thiophene rings is 1. The van der Waals surface area contributed by atoms with E-state index in [1.54, 1.807) is 11.3 Å². The third kappa shape index (κ3) is 6.52. The molecule has 0 saturated heterocycles. The molecule has 0 atom stereocenters. The molecule has 1 saturated carbocycles. The highest BCUT2D eigenvalue weighted by atomic mass is 127. The Bertz CT molecular complexity index is 419. The van der Waals surface area contributed by atoms with Crippen LogP contribution < -0.4 is 10.6 Å². The van der Waals surface area contributed by atoms with Gasteiger partial charge in [0.15, 0.2) is 5.96 Å². The van der Waals surface area contributed by atoms with E-state index < -0.39 is 0 Å². The fourth-order valence-electron chi connectivity index (χ4n) is 2.20. The zero-order valence-electron chi connectivity index (χ0n) is 12.9. The van der Waals surface area contributed by atoms with Gasteiger partial charge in [-0.05, 0) is 43.0 Å². The Hall–Kier alpha value is -0.340. The molecule has 0 unspecified atom stereocenters. The smallest absolute Gasteiger partial charge is 0.191 e. The third-order valence-electron chi connectivity index (χ3n) is 3.80. The lowest BCUT2D eigenvalue weighted by Gasteiger charge is -2.18. The van der Waals surface area contributed by atoms with E-state index in [0.717, 1.165) is 38.7 Å². The van der Waals surface area contributed by atoms with Gasteiger partial charge >= 0.3 is 0 Å².